The number of nitrogens with zero attached hydrogens (tertiary/aromatic N) is 1. The lowest BCUT2D eigenvalue weighted by Crippen LogP contribution is -2.17. The summed E-state index contributed by atoms with van der Waals surface area (Å²) in [6.07, 6.45) is 1.42. The average Bonchev–Trinajstić information content (AvgIpc) is 2.61. The maximum atomic E-state index is 12.2. The highest BCUT2D eigenvalue weighted by molar-refractivity contribution is 6.06. The summed E-state index contributed by atoms with van der Waals surface area (Å²) in [5.41, 5.74) is 2.63. The molecule has 2 rings (SSSR count). The van der Waals surface area contributed by atoms with Crippen molar-refractivity contribution in [3.63, 3.8) is 0 Å². The van der Waals surface area contributed by atoms with Gasteiger partial charge in [0.25, 0.3) is 5.91 Å². The van der Waals surface area contributed by atoms with Gasteiger partial charge in [0.05, 0.1) is 7.11 Å². The van der Waals surface area contributed by atoms with Crippen molar-refractivity contribution in [1.82, 2.24) is 5.32 Å². The predicted molar refractivity (Wildman–Crippen MR) is 93.3 cm³/mol. The Morgan fingerprint density at radius 2 is 2.04 bits per heavy atom. The van der Waals surface area contributed by atoms with E-state index in [1.54, 1.807) is 13.2 Å². The van der Waals surface area contributed by atoms with E-state index in [0.29, 0.717) is 12.2 Å². The van der Waals surface area contributed by atoms with E-state index >= 15 is 0 Å². The van der Waals surface area contributed by atoms with Crippen LogP contribution in [0.1, 0.15) is 11.1 Å². The van der Waals surface area contributed by atoms with Crippen LogP contribution in [0.15, 0.2) is 60.3 Å². The highest BCUT2D eigenvalue weighted by Crippen LogP contribution is 2.14. The molecule has 2 aromatic carbocycles. The molecule has 2 aromatic rings. The molecule has 24 heavy (non-hydrogen) atoms. The molecular formula is C19H19N3O2. The van der Waals surface area contributed by atoms with Gasteiger partial charge >= 0.3 is 0 Å². The van der Waals surface area contributed by atoms with Crippen LogP contribution in [0.25, 0.3) is 0 Å². The number of nitrogens with one attached hydrogen (secondary N) is 2. The summed E-state index contributed by atoms with van der Waals surface area (Å²) in [7, 11) is 1.61. The van der Waals surface area contributed by atoms with Crippen molar-refractivity contribution < 1.29 is 9.53 Å². The second-order valence-electron chi connectivity index (χ2n) is 5.17. The van der Waals surface area contributed by atoms with Gasteiger partial charge in [0.15, 0.2) is 0 Å². The van der Waals surface area contributed by atoms with Crippen LogP contribution in [0.3, 0.4) is 0 Å². The number of hydrogen-bond donors (Lipinski definition) is 2. The molecule has 1 amide bonds. The van der Waals surface area contributed by atoms with Crippen LogP contribution < -0.4 is 15.4 Å². The number of rotatable bonds is 6. The minimum Gasteiger partial charge on any atom is -0.497 e. The quantitative estimate of drug-likeness (QED) is 0.633. The number of ether oxygens (including phenoxy) is 1. The first kappa shape index (κ1) is 17.1. The number of para-hydroxylation sites is 1. The van der Waals surface area contributed by atoms with Gasteiger partial charge in [-0.05, 0) is 36.2 Å². The third kappa shape index (κ3) is 4.62. The van der Waals surface area contributed by atoms with Crippen molar-refractivity contribution in [3.05, 3.63) is 71.4 Å². The average molecular weight is 321 g/mol. The summed E-state index contributed by atoms with van der Waals surface area (Å²) in [4.78, 5) is 12.2. The molecule has 0 fully saturated rings. The van der Waals surface area contributed by atoms with Crippen molar-refractivity contribution >= 4 is 11.6 Å². The van der Waals surface area contributed by atoms with Crippen molar-refractivity contribution in [2.24, 2.45) is 0 Å². The van der Waals surface area contributed by atoms with Crippen molar-refractivity contribution in [3.8, 4) is 11.8 Å². The molecule has 0 spiro atoms. The third-order valence-corrected chi connectivity index (χ3v) is 3.45. The smallest absolute Gasteiger partial charge is 0.267 e. The summed E-state index contributed by atoms with van der Waals surface area (Å²) < 4.78 is 5.16. The Kier molecular flexibility index (Phi) is 5.98. The van der Waals surface area contributed by atoms with Crippen LogP contribution in [-0.2, 0) is 11.3 Å². The third-order valence-electron chi connectivity index (χ3n) is 3.45. The van der Waals surface area contributed by atoms with Crippen molar-refractivity contribution in [1.29, 1.82) is 5.26 Å². The number of aryl methyl sites for hydroxylation is 1. The summed E-state index contributed by atoms with van der Waals surface area (Å²) in [5, 5.41) is 14.9. The van der Waals surface area contributed by atoms with Crippen LogP contribution >= 0.6 is 0 Å². The molecule has 5 heteroatoms. The summed E-state index contributed by atoms with van der Waals surface area (Å²) >= 11 is 0. The first-order chi connectivity index (χ1) is 11.6. The molecule has 0 bridgehead atoms. The number of benzene rings is 2. The summed E-state index contributed by atoms with van der Waals surface area (Å²) in [6.45, 7) is 2.38. The van der Waals surface area contributed by atoms with Gasteiger partial charge in [0.1, 0.15) is 17.4 Å². The van der Waals surface area contributed by atoms with Crippen LogP contribution in [0.5, 0.6) is 5.75 Å². The Morgan fingerprint density at radius 1 is 1.25 bits per heavy atom. The summed E-state index contributed by atoms with van der Waals surface area (Å²) in [6, 6.07) is 16.9. The van der Waals surface area contributed by atoms with E-state index in [-0.39, 0.29) is 5.57 Å². The van der Waals surface area contributed by atoms with E-state index in [9.17, 15) is 10.1 Å². The maximum Gasteiger partial charge on any atom is 0.267 e. The second kappa shape index (κ2) is 8.39. The Morgan fingerprint density at radius 3 is 2.75 bits per heavy atom. The SMILES string of the molecule is COc1cccc(CN/C=C(/C#N)C(=O)Nc2ccccc2C)c1. The lowest BCUT2D eigenvalue weighted by Gasteiger charge is -2.08. The van der Waals surface area contributed by atoms with E-state index < -0.39 is 5.91 Å². The lowest BCUT2D eigenvalue weighted by molar-refractivity contribution is -0.112. The molecule has 5 nitrogen and oxygen atoms in total. The predicted octanol–water partition coefficient (Wildman–Crippen LogP) is 3.14. The molecule has 0 aliphatic heterocycles. The van der Waals surface area contributed by atoms with Crippen molar-refractivity contribution in [2.45, 2.75) is 13.5 Å². The van der Waals surface area contributed by atoms with E-state index in [0.717, 1.165) is 16.9 Å². The summed E-state index contributed by atoms with van der Waals surface area (Å²) in [5.74, 6) is 0.320. The highest BCUT2D eigenvalue weighted by Gasteiger charge is 2.10. The Labute approximate surface area is 141 Å². The molecule has 0 saturated heterocycles. The van der Waals surface area contributed by atoms with E-state index in [1.807, 2.05) is 55.5 Å². The molecule has 0 radical (unpaired) electrons. The van der Waals surface area contributed by atoms with E-state index in [4.69, 9.17) is 4.74 Å². The molecule has 0 aliphatic rings. The number of methoxy groups -OCH3 is 1. The van der Waals surface area contributed by atoms with Gasteiger partial charge in [-0.25, -0.2) is 0 Å². The van der Waals surface area contributed by atoms with Crippen LogP contribution in [0, 0.1) is 18.3 Å². The molecular weight excluding hydrogens is 302 g/mol. The molecule has 0 aliphatic carbocycles. The monoisotopic (exact) mass is 321 g/mol. The number of carbonyl (C=O) groups excluding carboxylic acids is 1. The van der Waals surface area contributed by atoms with Crippen molar-refractivity contribution in [2.75, 3.05) is 12.4 Å². The standard InChI is InChI=1S/C19H19N3O2/c1-14-6-3-4-9-18(14)22-19(23)16(11-20)13-21-12-15-7-5-8-17(10-15)24-2/h3-10,13,21H,12H2,1-2H3,(H,22,23)/b16-13-. The lowest BCUT2D eigenvalue weighted by atomic mass is 10.2. The first-order valence-corrected chi connectivity index (χ1v) is 7.47. The fourth-order valence-corrected chi connectivity index (χ4v) is 2.10. The second-order valence-corrected chi connectivity index (χ2v) is 5.17. The fourth-order valence-electron chi connectivity index (χ4n) is 2.10. The van der Waals surface area contributed by atoms with Gasteiger partial charge in [-0.2, -0.15) is 5.26 Å². The topological polar surface area (TPSA) is 74.1 Å². The van der Waals surface area contributed by atoms with E-state index in [2.05, 4.69) is 10.6 Å². The number of amides is 1. The van der Waals surface area contributed by atoms with Gasteiger partial charge in [-0.1, -0.05) is 30.3 Å². The largest absolute Gasteiger partial charge is 0.497 e. The van der Waals surface area contributed by atoms with Gasteiger partial charge in [0, 0.05) is 18.4 Å². The fraction of sp³-hybridized carbons (Fsp3) is 0.158. The number of hydrogen-bond acceptors (Lipinski definition) is 4. The zero-order valence-electron chi connectivity index (χ0n) is 13.7. The molecule has 122 valence electrons. The van der Waals surface area contributed by atoms with Gasteiger partial charge < -0.3 is 15.4 Å². The minimum atomic E-state index is -0.440. The molecule has 0 aromatic heterocycles. The number of nitriles is 1. The number of carbonyl (C=O) groups is 1. The zero-order chi connectivity index (χ0) is 17.4. The molecule has 0 unspecified atom stereocenters. The number of anilines is 1. The van der Waals surface area contributed by atoms with Crippen LogP contribution in [0.4, 0.5) is 5.69 Å². The minimum absolute atomic E-state index is 0.0150. The molecule has 0 heterocycles. The Bertz CT molecular complexity index is 791. The molecule has 0 atom stereocenters. The first-order valence-electron chi connectivity index (χ1n) is 7.47. The van der Waals surface area contributed by atoms with Crippen LogP contribution in [0.2, 0.25) is 0 Å². The maximum absolute atomic E-state index is 12.2. The van der Waals surface area contributed by atoms with Crippen LogP contribution in [-0.4, -0.2) is 13.0 Å². The highest BCUT2D eigenvalue weighted by atomic mass is 16.5. The molecule has 0 saturated carbocycles. The van der Waals surface area contributed by atoms with Gasteiger partial charge in [0.2, 0.25) is 0 Å². The normalized spacial score (nSPS) is 10.6. The zero-order valence-corrected chi connectivity index (χ0v) is 13.7. The molecule has 2 N–H and O–H groups in total. The van der Waals surface area contributed by atoms with E-state index in [1.165, 1.54) is 6.20 Å². The Balaban J connectivity index is 1.99. The van der Waals surface area contributed by atoms with Gasteiger partial charge in [-0.15, -0.1) is 0 Å². The van der Waals surface area contributed by atoms with Gasteiger partial charge in [-0.3, -0.25) is 4.79 Å². The Hall–Kier alpha value is -3.26.